The topological polar surface area (TPSA) is 41.9 Å². The van der Waals surface area contributed by atoms with E-state index in [0.717, 1.165) is 30.0 Å². The van der Waals surface area contributed by atoms with Crippen LogP contribution in [0.1, 0.15) is 56.3 Å². The molecule has 2 aliphatic rings. The van der Waals surface area contributed by atoms with Gasteiger partial charge in [0.05, 0.1) is 0 Å². The lowest BCUT2D eigenvalue weighted by Crippen LogP contribution is -2.31. The van der Waals surface area contributed by atoms with Crippen LogP contribution in [0.4, 0.5) is 0 Å². The van der Waals surface area contributed by atoms with Crippen LogP contribution in [-0.2, 0) is 0 Å². The summed E-state index contributed by atoms with van der Waals surface area (Å²) >= 11 is 0. The number of hydrogen-bond acceptors (Lipinski definition) is 4. The molecule has 0 bridgehead atoms. The van der Waals surface area contributed by atoms with E-state index in [1.807, 2.05) is 12.1 Å². The minimum Gasteiger partial charge on any atom is -0.508 e. The average molecular weight is 367 g/mol. The fourth-order valence-electron chi connectivity index (χ4n) is 4.24. The number of nitrogens with zero attached hydrogens (tertiary/aromatic N) is 1. The van der Waals surface area contributed by atoms with E-state index < -0.39 is 0 Å². The monoisotopic (exact) mass is 367 g/mol. The van der Waals surface area contributed by atoms with Crippen molar-refractivity contribution in [1.29, 1.82) is 0 Å². The number of phenols is 1. The Morgan fingerprint density at radius 1 is 1.15 bits per heavy atom. The standard InChI is InChI=1S/C23H29NO3/c1-16-13-23(27-22-10-7-19(25)14-21(16)22)18-5-8-20(9-6-18)26-17(2)15-24-11-3-4-12-24/h5-10,14,16-17,23,25H,3-4,11-13,15H2,1-2H3/t16-,17+,23+/m0/s1. The summed E-state index contributed by atoms with van der Waals surface area (Å²) in [6, 6.07) is 13.7. The first-order chi connectivity index (χ1) is 13.1. The second kappa shape index (κ2) is 7.81. The molecule has 1 saturated heterocycles. The van der Waals surface area contributed by atoms with E-state index in [1.54, 1.807) is 6.07 Å². The highest BCUT2D eigenvalue weighted by molar-refractivity contribution is 5.44. The lowest BCUT2D eigenvalue weighted by molar-refractivity contribution is 0.159. The van der Waals surface area contributed by atoms with Crippen LogP contribution in [0.3, 0.4) is 0 Å². The van der Waals surface area contributed by atoms with E-state index in [4.69, 9.17) is 9.47 Å². The van der Waals surface area contributed by atoms with Gasteiger partial charge < -0.3 is 14.6 Å². The van der Waals surface area contributed by atoms with E-state index >= 15 is 0 Å². The predicted octanol–water partition coefficient (Wildman–Crippen LogP) is 4.88. The summed E-state index contributed by atoms with van der Waals surface area (Å²) in [6.45, 7) is 7.72. The number of ether oxygens (including phenoxy) is 2. The Morgan fingerprint density at radius 2 is 1.89 bits per heavy atom. The Morgan fingerprint density at radius 3 is 2.63 bits per heavy atom. The summed E-state index contributed by atoms with van der Waals surface area (Å²) in [7, 11) is 0. The summed E-state index contributed by atoms with van der Waals surface area (Å²) in [5.74, 6) is 2.44. The number of aromatic hydroxyl groups is 1. The molecule has 0 aliphatic carbocycles. The van der Waals surface area contributed by atoms with Gasteiger partial charge >= 0.3 is 0 Å². The van der Waals surface area contributed by atoms with Crippen molar-refractivity contribution in [3.63, 3.8) is 0 Å². The maximum Gasteiger partial charge on any atom is 0.124 e. The second-order valence-corrected chi connectivity index (χ2v) is 7.97. The highest BCUT2D eigenvalue weighted by Gasteiger charge is 2.27. The molecule has 144 valence electrons. The van der Waals surface area contributed by atoms with E-state index in [2.05, 4.69) is 43.0 Å². The summed E-state index contributed by atoms with van der Waals surface area (Å²) in [4.78, 5) is 2.48. The fourth-order valence-corrected chi connectivity index (χ4v) is 4.24. The van der Waals surface area contributed by atoms with Crippen LogP contribution >= 0.6 is 0 Å². The van der Waals surface area contributed by atoms with E-state index in [-0.39, 0.29) is 12.2 Å². The first-order valence-electron chi connectivity index (χ1n) is 10.1. The van der Waals surface area contributed by atoms with Crippen LogP contribution in [-0.4, -0.2) is 35.7 Å². The number of benzene rings is 2. The number of hydrogen-bond donors (Lipinski definition) is 1. The Bertz CT molecular complexity index is 768. The number of fused-ring (bicyclic) bond motifs is 1. The van der Waals surface area contributed by atoms with Gasteiger partial charge in [-0.05, 0) is 81.1 Å². The van der Waals surface area contributed by atoms with Gasteiger partial charge in [-0.15, -0.1) is 0 Å². The van der Waals surface area contributed by atoms with Crippen LogP contribution in [0.5, 0.6) is 17.2 Å². The van der Waals surface area contributed by atoms with E-state index in [9.17, 15) is 5.11 Å². The van der Waals surface area contributed by atoms with Crippen LogP contribution in [0.15, 0.2) is 42.5 Å². The number of phenolic OH excluding ortho intramolecular Hbond substituents is 1. The Labute approximate surface area is 161 Å². The first kappa shape index (κ1) is 18.2. The molecule has 0 amide bonds. The lowest BCUT2D eigenvalue weighted by Gasteiger charge is -2.31. The molecule has 4 nitrogen and oxygen atoms in total. The Kier molecular flexibility index (Phi) is 5.26. The first-order valence-corrected chi connectivity index (χ1v) is 10.1. The van der Waals surface area contributed by atoms with Gasteiger partial charge in [0.15, 0.2) is 0 Å². The lowest BCUT2D eigenvalue weighted by atomic mass is 9.89. The molecule has 0 saturated carbocycles. The van der Waals surface area contributed by atoms with Crippen LogP contribution in [0.2, 0.25) is 0 Å². The third-order valence-electron chi connectivity index (χ3n) is 5.66. The van der Waals surface area contributed by atoms with Crippen molar-refractivity contribution in [2.45, 2.75) is 51.2 Å². The summed E-state index contributed by atoms with van der Waals surface area (Å²) in [5.41, 5.74) is 2.25. The molecule has 2 heterocycles. The summed E-state index contributed by atoms with van der Waals surface area (Å²) in [6.07, 6.45) is 3.75. The van der Waals surface area contributed by atoms with Crippen molar-refractivity contribution in [1.82, 2.24) is 4.90 Å². The molecule has 4 heteroatoms. The van der Waals surface area contributed by atoms with Crippen molar-refractivity contribution >= 4 is 0 Å². The molecule has 0 radical (unpaired) electrons. The fraction of sp³-hybridized carbons (Fsp3) is 0.478. The zero-order chi connectivity index (χ0) is 18.8. The van der Waals surface area contributed by atoms with Gasteiger partial charge in [-0.25, -0.2) is 0 Å². The van der Waals surface area contributed by atoms with E-state index in [0.29, 0.717) is 11.7 Å². The maximum atomic E-state index is 9.71. The molecule has 3 atom stereocenters. The molecule has 2 aromatic rings. The molecule has 27 heavy (non-hydrogen) atoms. The summed E-state index contributed by atoms with van der Waals surface area (Å²) < 4.78 is 12.3. The van der Waals surface area contributed by atoms with Gasteiger partial charge in [0.2, 0.25) is 0 Å². The van der Waals surface area contributed by atoms with Crippen molar-refractivity contribution in [2.24, 2.45) is 0 Å². The molecule has 2 aliphatic heterocycles. The molecular formula is C23H29NO3. The summed E-state index contributed by atoms with van der Waals surface area (Å²) in [5, 5.41) is 9.71. The Hall–Kier alpha value is -2.20. The normalized spacial score (nSPS) is 23.5. The van der Waals surface area contributed by atoms with Gasteiger partial charge in [-0.3, -0.25) is 4.90 Å². The third-order valence-corrected chi connectivity index (χ3v) is 5.66. The smallest absolute Gasteiger partial charge is 0.124 e. The van der Waals surface area contributed by atoms with Crippen molar-refractivity contribution < 1.29 is 14.6 Å². The van der Waals surface area contributed by atoms with Gasteiger partial charge in [0, 0.05) is 12.1 Å². The van der Waals surface area contributed by atoms with Gasteiger partial charge in [-0.1, -0.05) is 19.1 Å². The molecule has 1 fully saturated rings. The molecule has 1 N–H and O–H groups in total. The zero-order valence-electron chi connectivity index (χ0n) is 16.2. The predicted molar refractivity (Wildman–Crippen MR) is 107 cm³/mol. The van der Waals surface area contributed by atoms with E-state index in [1.165, 1.54) is 31.5 Å². The second-order valence-electron chi connectivity index (χ2n) is 7.97. The van der Waals surface area contributed by atoms with Gasteiger partial charge in [-0.2, -0.15) is 0 Å². The molecule has 0 aromatic heterocycles. The average Bonchev–Trinajstić information content (AvgIpc) is 3.15. The largest absolute Gasteiger partial charge is 0.508 e. The molecule has 0 unspecified atom stereocenters. The molecular weight excluding hydrogens is 338 g/mol. The SMILES string of the molecule is C[C@H](CN1CCCC1)Oc1ccc([C@H]2C[C@H](C)c3cc(O)ccc3O2)cc1. The van der Waals surface area contributed by atoms with Gasteiger partial charge in [0.1, 0.15) is 29.5 Å². The van der Waals surface area contributed by atoms with Crippen molar-refractivity contribution in [3.05, 3.63) is 53.6 Å². The highest BCUT2D eigenvalue weighted by atomic mass is 16.5. The number of rotatable bonds is 5. The minimum absolute atomic E-state index is 0.0353. The zero-order valence-corrected chi connectivity index (χ0v) is 16.2. The van der Waals surface area contributed by atoms with Crippen molar-refractivity contribution in [3.8, 4) is 17.2 Å². The van der Waals surface area contributed by atoms with Crippen molar-refractivity contribution in [2.75, 3.05) is 19.6 Å². The number of likely N-dealkylation sites (tertiary alicyclic amines) is 1. The van der Waals surface area contributed by atoms with Gasteiger partial charge in [0.25, 0.3) is 0 Å². The highest BCUT2D eigenvalue weighted by Crippen LogP contribution is 2.43. The van der Waals surface area contributed by atoms with Crippen LogP contribution < -0.4 is 9.47 Å². The quantitative estimate of drug-likeness (QED) is 0.818. The molecule has 0 spiro atoms. The molecule has 4 rings (SSSR count). The minimum atomic E-state index is 0.0353. The van der Waals surface area contributed by atoms with Crippen LogP contribution in [0.25, 0.3) is 0 Å². The molecule has 2 aromatic carbocycles. The third kappa shape index (κ3) is 4.22. The van der Waals surface area contributed by atoms with Crippen LogP contribution in [0, 0.1) is 0 Å². The Balaban J connectivity index is 1.39. The maximum absolute atomic E-state index is 9.71.